The maximum Gasteiger partial charge on any atom is 0.265 e. The Hall–Kier alpha value is -2.92. The monoisotopic (exact) mass is 350 g/mol. The smallest absolute Gasteiger partial charge is 0.265 e. The third-order valence-corrected chi connectivity index (χ3v) is 4.67. The molecule has 3 rings (SSSR count). The number of anilines is 2. The minimum atomic E-state index is -0.169. The number of benzene rings is 2. The highest BCUT2D eigenvalue weighted by molar-refractivity contribution is 7.12. The maximum atomic E-state index is 12.4. The summed E-state index contributed by atoms with van der Waals surface area (Å²) in [6, 6.07) is 18.2. The molecule has 126 valence electrons. The fraction of sp³-hybridized carbons (Fsp3) is 0.100. The normalized spacial score (nSPS) is 10.3. The molecule has 0 radical (unpaired) electrons. The van der Waals surface area contributed by atoms with Crippen LogP contribution in [0.5, 0.6) is 0 Å². The molecule has 0 bridgehead atoms. The third kappa shape index (κ3) is 4.14. The standard InChI is InChI=1S/C20H18N2O2S/c1-2-14-6-3-4-7-17(14)22-19(23)15-9-11-16(12-10-15)21-20(24)18-8-5-13-25-18/h3-13H,2H2,1H3,(H,21,24)(H,22,23). The van der Waals surface area contributed by atoms with Crippen LogP contribution in [-0.2, 0) is 6.42 Å². The third-order valence-electron chi connectivity index (χ3n) is 3.80. The molecule has 1 aromatic heterocycles. The topological polar surface area (TPSA) is 58.2 Å². The van der Waals surface area contributed by atoms with Gasteiger partial charge in [0, 0.05) is 16.9 Å². The second-order valence-corrected chi connectivity index (χ2v) is 6.42. The Morgan fingerprint density at radius 3 is 2.32 bits per heavy atom. The number of thiophene rings is 1. The van der Waals surface area contributed by atoms with E-state index in [4.69, 9.17) is 0 Å². The van der Waals surface area contributed by atoms with Gasteiger partial charge in [-0.15, -0.1) is 11.3 Å². The summed E-state index contributed by atoms with van der Waals surface area (Å²) in [6.07, 6.45) is 0.851. The average molecular weight is 350 g/mol. The molecular weight excluding hydrogens is 332 g/mol. The Kier molecular flexibility index (Phi) is 5.26. The van der Waals surface area contributed by atoms with Crippen LogP contribution in [0.15, 0.2) is 66.0 Å². The zero-order valence-corrected chi connectivity index (χ0v) is 14.6. The van der Waals surface area contributed by atoms with Crippen LogP contribution in [0.25, 0.3) is 0 Å². The van der Waals surface area contributed by atoms with Gasteiger partial charge in [-0.3, -0.25) is 9.59 Å². The van der Waals surface area contributed by atoms with E-state index in [0.29, 0.717) is 16.1 Å². The van der Waals surface area contributed by atoms with E-state index < -0.39 is 0 Å². The summed E-state index contributed by atoms with van der Waals surface area (Å²) >= 11 is 1.39. The predicted octanol–water partition coefficient (Wildman–Crippen LogP) is 4.82. The number of rotatable bonds is 5. The van der Waals surface area contributed by atoms with Crippen molar-refractivity contribution in [2.75, 3.05) is 10.6 Å². The molecule has 0 aliphatic carbocycles. The minimum absolute atomic E-state index is 0.149. The Morgan fingerprint density at radius 1 is 0.880 bits per heavy atom. The van der Waals surface area contributed by atoms with Gasteiger partial charge in [-0.05, 0) is 53.8 Å². The summed E-state index contributed by atoms with van der Waals surface area (Å²) < 4.78 is 0. The van der Waals surface area contributed by atoms with E-state index in [-0.39, 0.29) is 11.8 Å². The van der Waals surface area contributed by atoms with Crippen LogP contribution in [0, 0.1) is 0 Å². The lowest BCUT2D eigenvalue weighted by Gasteiger charge is -2.10. The Morgan fingerprint density at radius 2 is 1.64 bits per heavy atom. The Balaban J connectivity index is 1.67. The summed E-state index contributed by atoms with van der Waals surface area (Å²) in [6.45, 7) is 2.05. The highest BCUT2D eigenvalue weighted by atomic mass is 32.1. The number of hydrogen-bond acceptors (Lipinski definition) is 3. The number of hydrogen-bond donors (Lipinski definition) is 2. The van der Waals surface area contributed by atoms with E-state index in [1.807, 2.05) is 35.7 Å². The van der Waals surface area contributed by atoms with Crippen molar-refractivity contribution in [2.24, 2.45) is 0 Å². The molecule has 0 atom stereocenters. The molecule has 0 saturated heterocycles. The van der Waals surface area contributed by atoms with Crippen molar-refractivity contribution in [1.82, 2.24) is 0 Å². The zero-order chi connectivity index (χ0) is 17.6. The van der Waals surface area contributed by atoms with Crippen molar-refractivity contribution in [2.45, 2.75) is 13.3 Å². The number of para-hydroxylation sites is 1. The summed E-state index contributed by atoms with van der Waals surface area (Å²) in [5.74, 6) is -0.318. The van der Waals surface area contributed by atoms with E-state index in [9.17, 15) is 9.59 Å². The van der Waals surface area contributed by atoms with Crippen molar-refractivity contribution in [3.8, 4) is 0 Å². The second kappa shape index (κ2) is 7.77. The highest BCUT2D eigenvalue weighted by Gasteiger charge is 2.10. The quantitative estimate of drug-likeness (QED) is 0.693. The first-order valence-electron chi connectivity index (χ1n) is 8.01. The van der Waals surface area contributed by atoms with Crippen LogP contribution in [0.3, 0.4) is 0 Å². The molecule has 0 aliphatic rings. The lowest BCUT2D eigenvalue weighted by atomic mass is 10.1. The fourth-order valence-electron chi connectivity index (χ4n) is 2.45. The maximum absolute atomic E-state index is 12.4. The van der Waals surface area contributed by atoms with Gasteiger partial charge in [0.25, 0.3) is 11.8 Å². The Bertz CT molecular complexity index is 871. The minimum Gasteiger partial charge on any atom is -0.322 e. The molecule has 0 fully saturated rings. The molecule has 2 amide bonds. The van der Waals surface area contributed by atoms with Crippen LogP contribution in [0.4, 0.5) is 11.4 Å². The number of amides is 2. The van der Waals surface area contributed by atoms with Crippen molar-refractivity contribution < 1.29 is 9.59 Å². The first-order valence-corrected chi connectivity index (χ1v) is 8.89. The molecule has 0 spiro atoms. The van der Waals surface area contributed by atoms with Gasteiger partial charge in [-0.2, -0.15) is 0 Å². The fourth-order valence-corrected chi connectivity index (χ4v) is 3.07. The number of carbonyl (C=O) groups excluding carboxylic acids is 2. The van der Waals surface area contributed by atoms with E-state index in [1.165, 1.54) is 11.3 Å². The molecule has 0 saturated carbocycles. The molecule has 0 unspecified atom stereocenters. The first-order chi connectivity index (χ1) is 12.2. The second-order valence-electron chi connectivity index (χ2n) is 5.47. The Labute approximate surface area is 150 Å². The van der Waals surface area contributed by atoms with E-state index in [1.54, 1.807) is 30.3 Å². The van der Waals surface area contributed by atoms with Crippen molar-refractivity contribution >= 4 is 34.5 Å². The van der Waals surface area contributed by atoms with Crippen LogP contribution < -0.4 is 10.6 Å². The molecule has 4 nitrogen and oxygen atoms in total. The zero-order valence-electron chi connectivity index (χ0n) is 13.8. The van der Waals surface area contributed by atoms with E-state index >= 15 is 0 Å². The van der Waals surface area contributed by atoms with Gasteiger partial charge in [-0.1, -0.05) is 31.2 Å². The van der Waals surface area contributed by atoms with Gasteiger partial charge < -0.3 is 10.6 Å². The first kappa shape index (κ1) is 16.9. The number of nitrogens with one attached hydrogen (secondary N) is 2. The molecule has 1 heterocycles. The number of carbonyl (C=O) groups is 2. The molecule has 2 N–H and O–H groups in total. The van der Waals surface area contributed by atoms with Crippen LogP contribution in [0.1, 0.15) is 32.5 Å². The van der Waals surface area contributed by atoms with E-state index in [0.717, 1.165) is 17.7 Å². The highest BCUT2D eigenvalue weighted by Crippen LogP contribution is 2.18. The molecule has 25 heavy (non-hydrogen) atoms. The molecule has 3 aromatic rings. The summed E-state index contributed by atoms with van der Waals surface area (Å²) in [7, 11) is 0. The molecule has 0 aliphatic heterocycles. The van der Waals surface area contributed by atoms with Crippen molar-refractivity contribution in [3.63, 3.8) is 0 Å². The summed E-state index contributed by atoms with van der Waals surface area (Å²) in [5, 5.41) is 7.61. The summed E-state index contributed by atoms with van der Waals surface area (Å²) in [5.41, 5.74) is 3.12. The van der Waals surface area contributed by atoms with Gasteiger partial charge in [0.1, 0.15) is 0 Å². The van der Waals surface area contributed by atoms with Gasteiger partial charge >= 0.3 is 0 Å². The van der Waals surface area contributed by atoms with Gasteiger partial charge in [-0.25, -0.2) is 0 Å². The lowest BCUT2D eigenvalue weighted by Crippen LogP contribution is -2.14. The predicted molar refractivity (Wildman–Crippen MR) is 102 cm³/mol. The average Bonchev–Trinajstić information content (AvgIpc) is 3.17. The van der Waals surface area contributed by atoms with Gasteiger partial charge in [0.05, 0.1) is 4.88 Å². The van der Waals surface area contributed by atoms with Crippen molar-refractivity contribution in [1.29, 1.82) is 0 Å². The number of aryl methyl sites for hydroxylation is 1. The molecule has 5 heteroatoms. The van der Waals surface area contributed by atoms with Crippen LogP contribution >= 0.6 is 11.3 Å². The molecular formula is C20H18N2O2S. The van der Waals surface area contributed by atoms with Gasteiger partial charge in [0.2, 0.25) is 0 Å². The van der Waals surface area contributed by atoms with Crippen LogP contribution in [0.2, 0.25) is 0 Å². The molecule has 2 aromatic carbocycles. The lowest BCUT2D eigenvalue weighted by molar-refractivity contribution is 0.102. The SMILES string of the molecule is CCc1ccccc1NC(=O)c1ccc(NC(=O)c2cccs2)cc1. The van der Waals surface area contributed by atoms with Gasteiger partial charge in [0.15, 0.2) is 0 Å². The summed E-state index contributed by atoms with van der Waals surface area (Å²) in [4.78, 5) is 25.1. The van der Waals surface area contributed by atoms with E-state index in [2.05, 4.69) is 17.6 Å². The largest absolute Gasteiger partial charge is 0.322 e. The van der Waals surface area contributed by atoms with Crippen molar-refractivity contribution in [3.05, 3.63) is 82.0 Å². The van der Waals surface area contributed by atoms with Crippen LogP contribution in [-0.4, -0.2) is 11.8 Å².